The molecule has 2 N–H and O–H groups in total. The number of ether oxygens (including phenoxy) is 1. The molecule has 1 aliphatic rings. The molecule has 1 fully saturated rings. The second-order valence-electron chi connectivity index (χ2n) is 4.31. The minimum Gasteiger partial charge on any atom is -0.481 e. The van der Waals surface area contributed by atoms with E-state index in [1.54, 1.807) is 0 Å². The largest absolute Gasteiger partial charge is 0.481 e. The van der Waals surface area contributed by atoms with Crippen LogP contribution in [0.3, 0.4) is 0 Å². The van der Waals surface area contributed by atoms with Crippen LogP contribution < -0.4 is 5.32 Å². The van der Waals surface area contributed by atoms with Gasteiger partial charge in [0.05, 0.1) is 12.7 Å². The number of aliphatic carboxylic acids is 1. The summed E-state index contributed by atoms with van der Waals surface area (Å²) in [6, 6.07) is 0. The first-order chi connectivity index (χ1) is 8.08. The van der Waals surface area contributed by atoms with Crippen LogP contribution >= 0.6 is 0 Å². The van der Waals surface area contributed by atoms with Crippen LogP contribution in [0.25, 0.3) is 0 Å². The Morgan fingerprint density at radius 2 is 2.24 bits per heavy atom. The normalized spacial score (nSPS) is 21.1. The fraction of sp³-hybridized carbons (Fsp3) is 0.818. The van der Waals surface area contributed by atoms with Crippen LogP contribution in [-0.2, 0) is 14.3 Å². The first-order valence-electron chi connectivity index (χ1n) is 5.86. The number of amides is 1. The molecule has 0 spiro atoms. The zero-order valence-electron chi connectivity index (χ0n) is 10.1. The summed E-state index contributed by atoms with van der Waals surface area (Å²) in [7, 11) is 2.02. The van der Waals surface area contributed by atoms with Gasteiger partial charge >= 0.3 is 5.97 Å². The van der Waals surface area contributed by atoms with Gasteiger partial charge in [0.25, 0.3) is 0 Å². The van der Waals surface area contributed by atoms with Crippen LogP contribution in [0.15, 0.2) is 0 Å². The van der Waals surface area contributed by atoms with Crippen molar-refractivity contribution < 1.29 is 19.4 Å². The van der Waals surface area contributed by atoms with E-state index in [0.29, 0.717) is 19.6 Å². The van der Waals surface area contributed by atoms with Crippen molar-refractivity contribution in [1.82, 2.24) is 10.2 Å². The van der Waals surface area contributed by atoms with Crippen molar-refractivity contribution in [3.8, 4) is 0 Å². The molecule has 0 aromatic rings. The minimum absolute atomic E-state index is 0.0378. The quantitative estimate of drug-likeness (QED) is 0.670. The van der Waals surface area contributed by atoms with Crippen LogP contribution in [0.4, 0.5) is 0 Å². The number of carbonyl (C=O) groups is 2. The first kappa shape index (κ1) is 13.9. The van der Waals surface area contributed by atoms with Gasteiger partial charge in [-0.1, -0.05) is 0 Å². The van der Waals surface area contributed by atoms with E-state index in [9.17, 15) is 9.59 Å². The zero-order chi connectivity index (χ0) is 12.7. The topological polar surface area (TPSA) is 78.9 Å². The Labute approximate surface area is 101 Å². The van der Waals surface area contributed by atoms with Gasteiger partial charge in [-0.05, 0) is 13.5 Å². The van der Waals surface area contributed by atoms with E-state index in [4.69, 9.17) is 9.84 Å². The third kappa shape index (κ3) is 6.23. The number of carbonyl (C=O) groups excluding carboxylic acids is 1. The molecule has 1 aliphatic heterocycles. The van der Waals surface area contributed by atoms with Crippen molar-refractivity contribution in [1.29, 1.82) is 0 Å². The fourth-order valence-electron chi connectivity index (χ4n) is 1.71. The molecule has 0 aromatic carbocycles. The van der Waals surface area contributed by atoms with Gasteiger partial charge in [-0.15, -0.1) is 0 Å². The van der Waals surface area contributed by atoms with Crippen molar-refractivity contribution in [2.24, 2.45) is 0 Å². The van der Waals surface area contributed by atoms with Gasteiger partial charge in [-0.3, -0.25) is 9.59 Å². The SMILES string of the molecule is CN1CCOC(CNC(=O)CCCC(=O)O)C1. The molecule has 1 heterocycles. The predicted molar refractivity (Wildman–Crippen MR) is 61.7 cm³/mol. The van der Waals surface area contributed by atoms with E-state index in [1.807, 2.05) is 7.05 Å². The molecule has 1 rings (SSSR count). The Bertz CT molecular complexity index is 270. The lowest BCUT2D eigenvalue weighted by Gasteiger charge is -2.30. The van der Waals surface area contributed by atoms with Crippen molar-refractivity contribution >= 4 is 11.9 Å². The Hall–Kier alpha value is -1.14. The van der Waals surface area contributed by atoms with Crippen LogP contribution in [0.2, 0.25) is 0 Å². The molecule has 98 valence electrons. The molecule has 17 heavy (non-hydrogen) atoms. The van der Waals surface area contributed by atoms with Gasteiger partial charge in [0.15, 0.2) is 0 Å². The number of rotatable bonds is 6. The summed E-state index contributed by atoms with van der Waals surface area (Å²) in [4.78, 5) is 23.8. The van der Waals surface area contributed by atoms with E-state index in [-0.39, 0.29) is 24.9 Å². The number of morpholine rings is 1. The Balaban J connectivity index is 2.08. The molecule has 6 heteroatoms. The third-order valence-electron chi connectivity index (χ3n) is 2.66. The van der Waals surface area contributed by atoms with Crippen molar-refractivity contribution in [2.45, 2.75) is 25.4 Å². The predicted octanol–water partition coefficient (Wildman–Crippen LogP) is -0.312. The lowest BCUT2D eigenvalue weighted by Crippen LogP contribution is -2.45. The van der Waals surface area contributed by atoms with Crippen LogP contribution in [0.1, 0.15) is 19.3 Å². The number of likely N-dealkylation sites (N-methyl/N-ethyl adjacent to an activating group) is 1. The van der Waals surface area contributed by atoms with E-state index < -0.39 is 5.97 Å². The smallest absolute Gasteiger partial charge is 0.303 e. The second kappa shape index (κ2) is 7.24. The number of hydrogen-bond donors (Lipinski definition) is 2. The molecule has 0 saturated carbocycles. The standard InChI is InChI=1S/C11H20N2O4/c1-13-5-6-17-9(8-13)7-12-10(14)3-2-4-11(15)16/h9H,2-8H2,1H3,(H,12,14)(H,15,16). The van der Waals surface area contributed by atoms with E-state index in [2.05, 4.69) is 10.2 Å². The van der Waals surface area contributed by atoms with Gasteiger partial charge in [0.1, 0.15) is 0 Å². The summed E-state index contributed by atoms with van der Waals surface area (Å²) in [6.07, 6.45) is 0.717. The molecule has 0 aliphatic carbocycles. The monoisotopic (exact) mass is 244 g/mol. The highest BCUT2D eigenvalue weighted by Gasteiger charge is 2.17. The maximum absolute atomic E-state index is 11.4. The maximum atomic E-state index is 11.4. The fourth-order valence-corrected chi connectivity index (χ4v) is 1.71. The minimum atomic E-state index is -0.866. The highest BCUT2D eigenvalue weighted by molar-refractivity contribution is 5.76. The second-order valence-corrected chi connectivity index (χ2v) is 4.31. The van der Waals surface area contributed by atoms with Crippen molar-refractivity contribution in [2.75, 3.05) is 33.3 Å². The molecule has 0 aromatic heterocycles. The van der Waals surface area contributed by atoms with E-state index in [0.717, 1.165) is 13.1 Å². The summed E-state index contributed by atoms with van der Waals surface area (Å²) in [5.41, 5.74) is 0. The van der Waals surface area contributed by atoms with Crippen LogP contribution in [0, 0.1) is 0 Å². The summed E-state index contributed by atoms with van der Waals surface area (Å²) in [5, 5.41) is 11.2. The molecule has 1 atom stereocenters. The van der Waals surface area contributed by atoms with E-state index in [1.165, 1.54) is 0 Å². The highest BCUT2D eigenvalue weighted by Crippen LogP contribution is 2.02. The molecule has 6 nitrogen and oxygen atoms in total. The van der Waals surface area contributed by atoms with Gasteiger partial charge in [0.2, 0.25) is 5.91 Å². The zero-order valence-corrected chi connectivity index (χ0v) is 10.1. The molecule has 1 saturated heterocycles. The number of carboxylic acids is 1. The van der Waals surface area contributed by atoms with Crippen LogP contribution in [-0.4, -0.2) is 61.3 Å². The van der Waals surface area contributed by atoms with Gasteiger partial charge in [0, 0.05) is 32.5 Å². The van der Waals surface area contributed by atoms with E-state index >= 15 is 0 Å². The Morgan fingerprint density at radius 3 is 2.88 bits per heavy atom. The number of nitrogens with zero attached hydrogens (tertiary/aromatic N) is 1. The molecular weight excluding hydrogens is 224 g/mol. The summed E-state index contributed by atoms with van der Waals surface area (Å²) >= 11 is 0. The molecule has 0 radical (unpaired) electrons. The maximum Gasteiger partial charge on any atom is 0.303 e. The van der Waals surface area contributed by atoms with Gasteiger partial charge in [-0.25, -0.2) is 0 Å². The van der Waals surface area contributed by atoms with Crippen LogP contribution in [0.5, 0.6) is 0 Å². The molecule has 1 amide bonds. The third-order valence-corrected chi connectivity index (χ3v) is 2.66. The molecule has 1 unspecified atom stereocenters. The summed E-state index contributed by atoms with van der Waals surface area (Å²) in [5.74, 6) is -0.974. The summed E-state index contributed by atoms with van der Waals surface area (Å²) in [6.45, 7) is 2.92. The number of hydrogen-bond acceptors (Lipinski definition) is 4. The van der Waals surface area contributed by atoms with Gasteiger partial charge < -0.3 is 20.1 Å². The lowest BCUT2D eigenvalue weighted by atomic mass is 10.2. The van der Waals surface area contributed by atoms with Crippen molar-refractivity contribution in [3.63, 3.8) is 0 Å². The number of carboxylic acid groups (broad SMARTS) is 1. The summed E-state index contributed by atoms with van der Waals surface area (Å²) < 4.78 is 5.49. The highest BCUT2D eigenvalue weighted by atomic mass is 16.5. The Kier molecular flexibility index (Phi) is 5.93. The number of nitrogens with one attached hydrogen (secondary N) is 1. The average Bonchev–Trinajstić information content (AvgIpc) is 2.26. The van der Waals surface area contributed by atoms with Crippen molar-refractivity contribution in [3.05, 3.63) is 0 Å². The molecule has 0 bridgehead atoms. The first-order valence-corrected chi connectivity index (χ1v) is 5.86. The van der Waals surface area contributed by atoms with Gasteiger partial charge in [-0.2, -0.15) is 0 Å². The average molecular weight is 244 g/mol. The lowest BCUT2D eigenvalue weighted by molar-refractivity contribution is -0.137. The molecular formula is C11H20N2O4. The Morgan fingerprint density at radius 1 is 1.47 bits per heavy atom.